The van der Waals surface area contributed by atoms with E-state index in [4.69, 9.17) is 4.74 Å². The highest BCUT2D eigenvalue weighted by atomic mass is 16.5. The van der Waals surface area contributed by atoms with Crippen LogP contribution in [-0.4, -0.2) is 13.7 Å². The van der Waals surface area contributed by atoms with E-state index in [1.807, 2.05) is 12.1 Å². The molecular formula is C16H22N2O. The molecule has 1 atom stereocenters. The minimum absolute atomic E-state index is 0.524. The molecule has 0 saturated heterocycles. The highest BCUT2D eigenvalue weighted by molar-refractivity contribution is 5.45. The fourth-order valence-corrected chi connectivity index (χ4v) is 2.72. The number of methoxy groups -OCH3 is 1. The number of ether oxygens (including phenoxy) is 1. The molecule has 0 spiro atoms. The molecule has 1 aliphatic rings. The Bertz CT molecular complexity index is 490. The van der Waals surface area contributed by atoms with Crippen molar-refractivity contribution in [2.75, 3.05) is 13.7 Å². The van der Waals surface area contributed by atoms with Crippen molar-refractivity contribution in [2.24, 2.45) is 5.92 Å². The number of nitrogens with one attached hydrogen (secondary N) is 1. The van der Waals surface area contributed by atoms with Crippen LogP contribution in [0.4, 0.5) is 0 Å². The van der Waals surface area contributed by atoms with E-state index in [0.717, 1.165) is 37.1 Å². The minimum Gasteiger partial charge on any atom is -0.497 e. The molecule has 1 N–H and O–H groups in total. The summed E-state index contributed by atoms with van der Waals surface area (Å²) < 4.78 is 5.28. The maximum Gasteiger partial charge on any atom is 0.132 e. The molecule has 0 radical (unpaired) electrons. The van der Waals surface area contributed by atoms with Crippen LogP contribution in [0.3, 0.4) is 0 Å². The van der Waals surface area contributed by atoms with Gasteiger partial charge in [-0.3, -0.25) is 5.32 Å². The topological polar surface area (TPSA) is 45.0 Å². The fraction of sp³-hybridized carbons (Fsp3) is 0.562. The molecule has 0 bridgehead atoms. The summed E-state index contributed by atoms with van der Waals surface area (Å²) >= 11 is 0. The first-order valence-corrected chi connectivity index (χ1v) is 6.95. The summed E-state index contributed by atoms with van der Waals surface area (Å²) in [5.74, 6) is 1.41. The van der Waals surface area contributed by atoms with Gasteiger partial charge in [-0.2, -0.15) is 5.26 Å². The molecule has 3 heteroatoms. The summed E-state index contributed by atoms with van der Waals surface area (Å²) in [6.45, 7) is 5.19. The molecule has 1 aliphatic carbocycles. The molecule has 1 aromatic carbocycles. The zero-order valence-electron chi connectivity index (χ0n) is 12.0. The summed E-state index contributed by atoms with van der Waals surface area (Å²) in [6.07, 6.45) is 2.95. The molecule has 0 aliphatic heterocycles. The quantitative estimate of drug-likeness (QED) is 0.903. The summed E-state index contributed by atoms with van der Waals surface area (Å²) in [6, 6.07) is 8.58. The van der Waals surface area contributed by atoms with Crippen LogP contribution >= 0.6 is 0 Å². The van der Waals surface area contributed by atoms with Crippen LogP contribution in [0.1, 0.15) is 37.8 Å². The Hall–Kier alpha value is -1.53. The van der Waals surface area contributed by atoms with Crippen molar-refractivity contribution < 1.29 is 4.74 Å². The Morgan fingerprint density at radius 1 is 1.47 bits per heavy atom. The van der Waals surface area contributed by atoms with Gasteiger partial charge in [-0.25, -0.2) is 0 Å². The number of benzene rings is 1. The Morgan fingerprint density at radius 2 is 2.26 bits per heavy atom. The molecule has 0 saturated carbocycles. The van der Waals surface area contributed by atoms with Crippen molar-refractivity contribution in [3.63, 3.8) is 0 Å². The maximum atomic E-state index is 9.68. The van der Waals surface area contributed by atoms with Crippen molar-refractivity contribution in [3.8, 4) is 11.8 Å². The second-order valence-corrected chi connectivity index (χ2v) is 5.67. The largest absolute Gasteiger partial charge is 0.497 e. The summed E-state index contributed by atoms with van der Waals surface area (Å²) in [7, 11) is 1.68. The molecule has 0 fully saturated rings. The second-order valence-electron chi connectivity index (χ2n) is 5.67. The predicted molar refractivity (Wildman–Crippen MR) is 76.1 cm³/mol. The number of nitrogens with zero attached hydrogens (tertiary/aromatic N) is 1. The van der Waals surface area contributed by atoms with Crippen molar-refractivity contribution in [1.82, 2.24) is 5.32 Å². The van der Waals surface area contributed by atoms with Crippen LogP contribution in [0.25, 0.3) is 0 Å². The van der Waals surface area contributed by atoms with Crippen molar-refractivity contribution in [3.05, 3.63) is 29.3 Å². The average molecular weight is 258 g/mol. The van der Waals surface area contributed by atoms with Gasteiger partial charge in [0.15, 0.2) is 0 Å². The molecule has 19 heavy (non-hydrogen) atoms. The standard InChI is InChI=1S/C16H22N2O/c1-12(2)10-18-16(11-17)8-4-5-13-9-14(19-3)6-7-15(13)16/h6-7,9,12,18H,4-5,8,10H2,1-3H3. The zero-order chi connectivity index (χ0) is 13.9. The third kappa shape index (κ3) is 2.74. The van der Waals surface area contributed by atoms with Crippen LogP contribution in [-0.2, 0) is 12.0 Å². The SMILES string of the molecule is COc1ccc2c(c1)CCCC2(C#N)NCC(C)C. The highest BCUT2D eigenvalue weighted by Gasteiger charge is 2.36. The molecule has 3 nitrogen and oxygen atoms in total. The molecule has 102 valence electrons. The molecule has 0 heterocycles. The third-order valence-corrected chi connectivity index (χ3v) is 3.77. The molecule has 1 unspecified atom stereocenters. The summed E-state index contributed by atoms with van der Waals surface area (Å²) in [5, 5.41) is 13.2. The van der Waals surface area contributed by atoms with Crippen LogP contribution in [0.15, 0.2) is 18.2 Å². The van der Waals surface area contributed by atoms with Gasteiger partial charge in [0.25, 0.3) is 0 Å². The van der Waals surface area contributed by atoms with Gasteiger partial charge in [-0.05, 0) is 55.0 Å². The normalized spacial score (nSPS) is 21.8. The Balaban J connectivity index is 2.36. The number of fused-ring (bicyclic) bond motifs is 1. The monoisotopic (exact) mass is 258 g/mol. The smallest absolute Gasteiger partial charge is 0.132 e. The summed E-state index contributed by atoms with van der Waals surface area (Å²) in [5.41, 5.74) is 1.84. The van der Waals surface area contributed by atoms with Crippen LogP contribution in [0, 0.1) is 17.2 Å². The first kappa shape index (κ1) is 13.9. The van der Waals surface area contributed by atoms with Crippen molar-refractivity contribution in [2.45, 2.75) is 38.6 Å². The average Bonchev–Trinajstić information content (AvgIpc) is 2.44. The minimum atomic E-state index is -0.524. The maximum absolute atomic E-state index is 9.68. The number of rotatable bonds is 4. The Morgan fingerprint density at radius 3 is 2.89 bits per heavy atom. The molecule has 2 rings (SSSR count). The summed E-state index contributed by atoms with van der Waals surface area (Å²) in [4.78, 5) is 0. The predicted octanol–water partition coefficient (Wildman–Crippen LogP) is 3.00. The lowest BCUT2D eigenvalue weighted by atomic mass is 9.77. The Labute approximate surface area is 115 Å². The van der Waals surface area contributed by atoms with E-state index in [0.29, 0.717) is 5.92 Å². The van der Waals surface area contributed by atoms with Gasteiger partial charge in [0.05, 0.1) is 13.2 Å². The molecular weight excluding hydrogens is 236 g/mol. The van der Waals surface area contributed by atoms with Crippen LogP contribution < -0.4 is 10.1 Å². The fourth-order valence-electron chi connectivity index (χ4n) is 2.72. The van der Waals surface area contributed by atoms with E-state index in [1.165, 1.54) is 5.56 Å². The lowest BCUT2D eigenvalue weighted by molar-refractivity contribution is 0.344. The van der Waals surface area contributed by atoms with Gasteiger partial charge in [-0.15, -0.1) is 0 Å². The zero-order valence-corrected chi connectivity index (χ0v) is 12.0. The van der Waals surface area contributed by atoms with Gasteiger partial charge in [0, 0.05) is 0 Å². The first-order valence-electron chi connectivity index (χ1n) is 6.95. The van der Waals surface area contributed by atoms with Gasteiger partial charge < -0.3 is 4.74 Å². The number of nitriles is 1. The van der Waals surface area contributed by atoms with Crippen molar-refractivity contribution in [1.29, 1.82) is 5.26 Å². The van der Waals surface area contributed by atoms with Gasteiger partial charge >= 0.3 is 0 Å². The molecule has 0 amide bonds. The van der Waals surface area contributed by atoms with E-state index in [1.54, 1.807) is 7.11 Å². The second kappa shape index (κ2) is 5.63. The van der Waals surface area contributed by atoms with Crippen molar-refractivity contribution >= 4 is 0 Å². The number of aryl methyl sites for hydroxylation is 1. The van der Waals surface area contributed by atoms with Crippen LogP contribution in [0.2, 0.25) is 0 Å². The Kier molecular flexibility index (Phi) is 4.11. The van der Waals surface area contributed by atoms with E-state index in [9.17, 15) is 5.26 Å². The van der Waals surface area contributed by atoms with E-state index in [2.05, 4.69) is 31.3 Å². The third-order valence-electron chi connectivity index (χ3n) is 3.77. The van der Waals surface area contributed by atoms with E-state index >= 15 is 0 Å². The lowest BCUT2D eigenvalue weighted by Crippen LogP contribution is -2.45. The van der Waals surface area contributed by atoms with Crippen LogP contribution in [0.5, 0.6) is 5.75 Å². The first-order chi connectivity index (χ1) is 9.11. The number of hydrogen-bond donors (Lipinski definition) is 1. The van der Waals surface area contributed by atoms with Gasteiger partial charge in [-0.1, -0.05) is 19.9 Å². The van der Waals surface area contributed by atoms with E-state index < -0.39 is 5.54 Å². The van der Waals surface area contributed by atoms with Gasteiger partial charge in [0.2, 0.25) is 0 Å². The molecule has 0 aromatic heterocycles. The lowest BCUT2D eigenvalue weighted by Gasteiger charge is -2.35. The highest BCUT2D eigenvalue weighted by Crippen LogP contribution is 2.36. The van der Waals surface area contributed by atoms with Gasteiger partial charge in [0.1, 0.15) is 11.3 Å². The van der Waals surface area contributed by atoms with E-state index in [-0.39, 0.29) is 0 Å². The number of hydrogen-bond acceptors (Lipinski definition) is 3. The molecule has 1 aromatic rings.